The molecule has 7 heteroatoms. The number of nitrogens with one attached hydrogen (secondary N) is 3. The lowest BCUT2D eigenvalue weighted by Crippen LogP contribution is -2.47. The molecule has 7 nitrogen and oxygen atoms in total. The summed E-state index contributed by atoms with van der Waals surface area (Å²) in [6.07, 6.45) is 1.21. The molecule has 0 atom stereocenters. The van der Waals surface area contributed by atoms with Crippen LogP contribution in [-0.4, -0.2) is 41.9 Å². The summed E-state index contributed by atoms with van der Waals surface area (Å²) in [6, 6.07) is 4.91. The molecule has 0 spiro atoms. The highest BCUT2D eigenvalue weighted by atomic mass is 16.2. The minimum atomic E-state index is -0.394. The molecule has 0 aromatic heterocycles. The van der Waals surface area contributed by atoms with E-state index in [0.29, 0.717) is 17.8 Å². The summed E-state index contributed by atoms with van der Waals surface area (Å²) in [6.45, 7) is 9.36. The van der Waals surface area contributed by atoms with Crippen molar-refractivity contribution in [2.75, 3.05) is 24.2 Å². The number of carbonyl (C=O) groups excluding carboxylic acids is 3. The van der Waals surface area contributed by atoms with Crippen LogP contribution in [0.5, 0.6) is 0 Å². The zero-order valence-corrected chi connectivity index (χ0v) is 16.5. The van der Waals surface area contributed by atoms with E-state index in [4.69, 9.17) is 0 Å². The van der Waals surface area contributed by atoms with Crippen LogP contribution in [-0.2, 0) is 9.59 Å². The number of anilines is 2. The monoisotopic (exact) mass is 362 g/mol. The van der Waals surface area contributed by atoms with E-state index in [-0.39, 0.29) is 23.9 Å². The van der Waals surface area contributed by atoms with Gasteiger partial charge in [-0.05, 0) is 51.8 Å². The number of hydrogen-bond donors (Lipinski definition) is 3. The summed E-state index contributed by atoms with van der Waals surface area (Å²) >= 11 is 0. The van der Waals surface area contributed by atoms with Crippen LogP contribution in [0.3, 0.4) is 0 Å². The van der Waals surface area contributed by atoms with Gasteiger partial charge in [-0.1, -0.05) is 13.0 Å². The lowest BCUT2D eigenvalue weighted by Gasteiger charge is -2.24. The molecule has 0 heterocycles. The van der Waals surface area contributed by atoms with E-state index in [9.17, 15) is 14.4 Å². The molecule has 1 aromatic carbocycles. The number of nitrogens with zero attached hydrogens (tertiary/aromatic N) is 1. The Hall–Kier alpha value is -2.57. The van der Waals surface area contributed by atoms with Gasteiger partial charge in [0.1, 0.15) is 6.54 Å². The SMILES string of the molecule is CCCC(=O)Nc1cccc(NC(=O)N(C)CC(=O)NC(C)(C)C)c1C. The van der Waals surface area contributed by atoms with Crippen LogP contribution >= 0.6 is 0 Å². The number of carbonyl (C=O) groups is 3. The maximum atomic E-state index is 12.3. The van der Waals surface area contributed by atoms with Crippen molar-refractivity contribution in [1.29, 1.82) is 0 Å². The molecular formula is C19H30N4O3. The van der Waals surface area contributed by atoms with Crippen LogP contribution in [0, 0.1) is 6.92 Å². The third-order valence-electron chi connectivity index (χ3n) is 3.57. The summed E-state index contributed by atoms with van der Waals surface area (Å²) in [5.41, 5.74) is 1.66. The van der Waals surface area contributed by atoms with Gasteiger partial charge in [0, 0.05) is 30.4 Å². The van der Waals surface area contributed by atoms with E-state index in [2.05, 4.69) is 16.0 Å². The van der Waals surface area contributed by atoms with Gasteiger partial charge in [-0.2, -0.15) is 0 Å². The molecule has 0 saturated heterocycles. The van der Waals surface area contributed by atoms with E-state index in [1.807, 2.05) is 34.6 Å². The normalized spacial score (nSPS) is 10.8. The molecule has 0 aliphatic rings. The average Bonchev–Trinajstić information content (AvgIpc) is 2.49. The van der Waals surface area contributed by atoms with Gasteiger partial charge < -0.3 is 20.9 Å². The van der Waals surface area contributed by atoms with Crippen molar-refractivity contribution in [1.82, 2.24) is 10.2 Å². The van der Waals surface area contributed by atoms with Crippen molar-refractivity contribution in [2.45, 2.75) is 53.0 Å². The van der Waals surface area contributed by atoms with E-state index < -0.39 is 6.03 Å². The smallest absolute Gasteiger partial charge is 0.322 e. The molecule has 0 unspecified atom stereocenters. The highest BCUT2D eigenvalue weighted by Gasteiger charge is 2.18. The molecule has 4 amide bonds. The third kappa shape index (κ3) is 7.13. The van der Waals surface area contributed by atoms with Gasteiger partial charge in [-0.15, -0.1) is 0 Å². The van der Waals surface area contributed by atoms with E-state index >= 15 is 0 Å². The van der Waals surface area contributed by atoms with Crippen LogP contribution in [0.2, 0.25) is 0 Å². The molecule has 26 heavy (non-hydrogen) atoms. The Kier molecular flexibility index (Phi) is 7.61. The first-order valence-corrected chi connectivity index (χ1v) is 8.76. The summed E-state index contributed by atoms with van der Waals surface area (Å²) < 4.78 is 0. The van der Waals surface area contributed by atoms with Gasteiger partial charge in [0.2, 0.25) is 11.8 Å². The highest BCUT2D eigenvalue weighted by molar-refractivity contribution is 5.96. The van der Waals surface area contributed by atoms with Crippen molar-refractivity contribution in [2.24, 2.45) is 0 Å². The van der Waals surface area contributed by atoms with E-state index in [0.717, 1.165) is 12.0 Å². The number of hydrogen-bond acceptors (Lipinski definition) is 3. The van der Waals surface area contributed by atoms with Crippen LogP contribution in [0.15, 0.2) is 18.2 Å². The van der Waals surface area contributed by atoms with Crippen molar-refractivity contribution >= 4 is 29.2 Å². The molecule has 0 radical (unpaired) electrons. The number of benzene rings is 1. The zero-order valence-electron chi connectivity index (χ0n) is 16.5. The van der Waals surface area contributed by atoms with Gasteiger partial charge in [0.25, 0.3) is 0 Å². The first-order valence-electron chi connectivity index (χ1n) is 8.76. The standard InChI is InChI=1S/C19H30N4O3/c1-7-9-16(24)20-14-10-8-11-15(13(14)2)21-18(26)23(6)12-17(25)22-19(3,4)5/h8,10-11H,7,9,12H2,1-6H3,(H,20,24)(H,21,26)(H,22,25). The molecule has 1 aromatic rings. The minimum Gasteiger partial charge on any atom is -0.350 e. The fourth-order valence-corrected chi connectivity index (χ4v) is 2.30. The molecule has 0 bridgehead atoms. The fourth-order valence-electron chi connectivity index (χ4n) is 2.30. The molecule has 0 aliphatic carbocycles. The maximum Gasteiger partial charge on any atom is 0.322 e. The Labute approximate surface area is 155 Å². The first-order chi connectivity index (χ1) is 12.0. The molecule has 3 N–H and O–H groups in total. The Balaban J connectivity index is 2.74. The summed E-state index contributed by atoms with van der Waals surface area (Å²) in [7, 11) is 1.56. The van der Waals surface area contributed by atoms with Crippen LogP contribution in [0.1, 0.15) is 46.1 Å². The number of urea groups is 1. The fraction of sp³-hybridized carbons (Fsp3) is 0.526. The predicted molar refractivity (Wildman–Crippen MR) is 104 cm³/mol. The Morgan fingerprint density at radius 1 is 1.04 bits per heavy atom. The predicted octanol–water partition coefficient (Wildman–Crippen LogP) is 3.11. The highest BCUT2D eigenvalue weighted by Crippen LogP contribution is 2.23. The maximum absolute atomic E-state index is 12.3. The van der Waals surface area contributed by atoms with Gasteiger partial charge >= 0.3 is 6.03 Å². The van der Waals surface area contributed by atoms with Crippen molar-refractivity contribution in [3.63, 3.8) is 0 Å². The minimum absolute atomic E-state index is 0.0466. The lowest BCUT2D eigenvalue weighted by molar-refractivity contribution is -0.122. The number of rotatable bonds is 6. The molecule has 1 rings (SSSR count). The largest absolute Gasteiger partial charge is 0.350 e. The Bertz CT molecular complexity index is 665. The van der Waals surface area contributed by atoms with Gasteiger partial charge in [0.15, 0.2) is 0 Å². The van der Waals surface area contributed by atoms with Crippen LogP contribution in [0.25, 0.3) is 0 Å². The lowest BCUT2D eigenvalue weighted by atomic mass is 10.1. The quantitative estimate of drug-likeness (QED) is 0.726. The second-order valence-electron chi connectivity index (χ2n) is 7.36. The number of amides is 4. The Morgan fingerprint density at radius 2 is 1.62 bits per heavy atom. The summed E-state index contributed by atoms with van der Waals surface area (Å²) in [4.78, 5) is 37.4. The van der Waals surface area contributed by atoms with Gasteiger partial charge in [-0.25, -0.2) is 4.79 Å². The first kappa shape index (κ1) is 21.5. The molecule has 144 valence electrons. The van der Waals surface area contributed by atoms with Crippen molar-refractivity contribution < 1.29 is 14.4 Å². The Morgan fingerprint density at radius 3 is 2.15 bits per heavy atom. The average molecular weight is 362 g/mol. The number of likely N-dealkylation sites (N-methyl/N-ethyl adjacent to an activating group) is 1. The van der Waals surface area contributed by atoms with Gasteiger partial charge in [-0.3, -0.25) is 9.59 Å². The summed E-state index contributed by atoms with van der Waals surface area (Å²) in [5, 5.41) is 8.44. The molecular weight excluding hydrogens is 332 g/mol. The second-order valence-corrected chi connectivity index (χ2v) is 7.36. The van der Waals surface area contributed by atoms with Crippen molar-refractivity contribution in [3.8, 4) is 0 Å². The second kappa shape index (κ2) is 9.22. The van der Waals surface area contributed by atoms with E-state index in [1.54, 1.807) is 25.2 Å². The van der Waals surface area contributed by atoms with Gasteiger partial charge in [0.05, 0.1) is 0 Å². The topological polar surface area (TPSA) is 90.5 Å². The molecule has 0 fully saturated rings. The molecule has 0 saturated carbocycles. The van der Waals surface area contributed by atoms with E-state index in [1.165, 1.54) is 4.90 Å². The van der Waals surface area contributed by atoms with Crippen molar-refractivity contribution in [3.05, 3.63) is 23.8 Å². The zero-order chi connectivity index (χ0) is 19.9. The third-order valence-corrected chi connectivity index (χ3v) is 3.57. The summed E-state index contributed by atoms with van der Waals surface area (Å²) in [5.74, 6) is -0.289. The van der Waals surface area contributed by atoms with Crippen LogP contribution < -0.4 is 16.0 Å². The van der Waals surface area contributed by atoms with Crippen LogP contribution in [0.4, 0.5) is 16.2 Å². The molecule has 0 aliphatic heterocycles.